The SMILES string of the molecule is CC(=O)NCCN(C)C(=O)C1(Cc2ccc(O)cc2)CC1. The summed E-state index contributed by atoms with van der Waals surface area (Å²) in [6, 6.07) is 7.02. The third-order valence-corrected chi connectivity index (χ3v) is 3.95. The average molecular weight is 290 g/mol. The molecule has 0 radical (unpaired) electrons. The number of phenols is 1. The largest absolute Gasteiger partial charge is 0.508 e. The van der Waals surface area contributed by atoms with Gasteiger partial charge in [-0.1, -0.05) is 12.1 Å². The minimum absolute atomic E-state index is 0.0823. The summed E-state index contributed by atoms with van der Waals surface area (Å²) in [6.07, 6.45) is 2.50. The predicted octanol–water partition coefficient (Wildman–Crippen LogP) is 1.31. The van der Waals surface area contributed by atoms with Crippen molar-refractivity contribution in [3.63, 3.8) is 0 Å². The van der Waals surface area contributed by atoms with Gasteiger partial charge in [0.05, 0.1) is 5.41 Å². The first kappa shape index (κ1) is 15.4. The van der Waals surface area contributed by atoms with Crippen LogP contribution in [0.3, 0.4) is 0 Å². The van der Waals surface area contributed by atoms with E-state index in [0.717, 1.165) is 18.4 Å². The Morgan fingerprint density at radius 1 is 1.29 bits per heavy atom. The molecule has 2 rings (SSSR count). The van der Waals surface area contributed by atoms with Crippen molar-refractivity contribution in [2.75, 3.05) is 20.1 Å². The lowest BCUT2D eigenvalue weighted by Gasteiger charge is -2.23. The number of phenolic OH excluding ortho intramolecular Hbond substituents is 1. The van der Waals surface area contributed by atoms with E-state index in [1.807, 2.05) is 12.1 Å². The van der Waals surface area contributed by atoms with Crippen LogP contribution in [-0.4, -0.2) is 42.0 Å². The molecular formula is C16H22N2O3. The molecule has 0 heterocycles. The van der Waals surface area contributed by atoms with E-state index in [0.29, 0.717) is 19.5 Å². The molecular weight excluding hydrogens is 268 g/mol. The zero-order chi connectivity index (χ0) is 15.5. The van der Waals surface area contributed by atoms with E-state index in [1.54, 1.807) is 24.1 Å². The highest BCUT2D eigenvalue weighted by molar-refractivity contribution is 5.85. The van der Waals surface area contributed by atoms with Crippen LogP contribution in [0.2, 0.25) is 0 Å². The van der Waals surface area contributed by atoms with Crippen LogP contribution in [0.25, 0.3) is 0 Å². The van der Waals surface area contributed by atoms with Crippen LogP contribution in [0.1, 0.15) is 25.3 Å². The molecule has 21 heavy (non-hydrogen) atoms. The maximum atomic E-state index is 12.5. The molecule has 1 aromatic rings. The molecule has 5 heteroatoms. The van der Waals surface area contributed by atoms with Crippen molar-refractivity contribution >= 4 is 11.8 Å². The van der Waals surface area contributed by atoms with Crippen molar-refractivity contribution in [1.82, 2.24) is 10.2 Å². The lowest BCUT2D eigenvalue weighted by Crippen LogP contribution is -2.40. The van der Waals surface area contributed by atoms with Gasteiger partial charge in [-0.05, 0) is 37.0 Å². The third-order valence-electron chi connectivity index (χ3n) is 3.95. The Kier molecular flexibility index (Phi) is 4.50. The first-order valence-corrected chi connectivity index (χ1v) is 7.21. The summed E-state index contributed by atoms with van der Waals surface area (Å²) in [7, 11) is 1.78. The lowest BCUT2D eigenvalue weighted by atomic mass is 9.95. The molecule has 1 aliphatic rings. The molecule has 1 saturated carbocycles. The number of amides is 2. The molecule has 5 nitrogen and oxygen atoms in total. The highest BCUT2D eigenvalue weighted by Gasteiger charge is 2.50. The van der Waals surface area contributed by atoms with Gasteiger partial charge in [0, 0.05) is 27.1 Å². The number of hydrogen-bond acceptors (Lipinski definition) is 3. The molecule has 0 saturated heterocycles. The van der Waals surface area contributed by atoms with E-state index in [4.69, 9.17) is 0 Å². The molecule has 0 aromatic heterocycles. The van der Waals surface area contributed by atoms with Gasteiger partial charge in [-0.25, -0.2) is 0 Å². The standard InChI is InChI=1S/C16H22N2O3/c1-12(19)17-9-10-18(2)15(21)16(7-8-16)11-13-3-5-14(20)6-4-13/h3-6,20H,7-11H2,1-2H3,(H,17,19). The van der Waals surface area contributed by atoms with Crippen LogP contribution in [0.5, 0.6) is 5.75 Å². The molecule has 1 fully saturated rings. The van der Waals surface area contributed by atoms with Crippen LogP contribution in [0.15, 0.2) is 24.3 Å². The highest BCUT2D eigenvalue weighted by Crippen LogP contribution is 2.49. The molecule has 0 unspecified atom stereocenters. The van der Waals surface area contributed by atoms with Crippen molar-refractivity contribution in [2.45, 2.75) is 26.2 Å². The van der Waals surface area contributed by atoms with Gasteiger partial charge < -0.3 is 15.3 Å². The maximum Gasteiger partial charge on any atom is 0.228 e. The van der Waals surface area contributed by atoms with Gasteiger partial charge in [0.2, 0.25) is 11.8 Å². The molecule has 2 amide bonds. The van der Waals surface area contributed by atoms with Gasteiger partial charge >= 0.3 is 0 Å². The Balaban J connectivity index is 1.91. The maximum absolute atomic E-state index is 12.5. The first-order valence-electron chi connectivity index (χ1n) is 7.21. The second-order valence-corrected chi connectivity index (χ2v) is 5.83. The van der Waals surface area contributed by atoms with Gasteiger partial charge in [0.25, 0.3) is 0 Å². The summed E-state index contributed by atoms with van der Waals surface area (Å²) < 4.78 is 0. The lowest BCUT2D eigenvalue weighted by molar-refractivity contribution is -0.135. The zero-order valence-corrected chi connectivity index (χ0v) is 12.6. The van der Waals surface area contributed by atoms with Gasteiger partial charge in [-0.3, -0.25) is 9.59 Å². The molecule has 0 spiro atoms. The summed E-state index contributed by atoms with van der Waals surface area (Å²) in [5, 5.41) is 12.0. The Hall–Kier alpha value is -2.04. The predicted molar refractivity (Wildman–Crippen MR) is 79.8 cm³/mol. The Morgan fingerprint density at radius 3 is 2.43 bits per heavy atom. The summed E-state index contributed by atoms with van der Waals surface area (Å²) in [5.41, 5.74) is 0.774. The Bertz CT molecular complexity index is 521. The number of carbonyl (C=O) groups is 2. The fourth-order valence-corrected chi connectivity index (χ4v) is 2.53. The van der Waals surface area contributed by atoms with Crippen LogP contribution >= 0.6 is 0 Å². The van der Waals surface area contributed by atoms with Gasteiger partial charge in [-0.2, -0.15) is 0 Å². The van der Waals surface area contributed by atoms with Crippen molar-refractivity contribution in [1.29, 1.82) is 0 Å². The monoisotopic (exact) mass is 290 g/mol. The molecule has 0 aliphatic heterocycles. The Morgan fingerprint density at radius 2 is 1.90 bits per heavy atom. The smallest absolute Gasteiger partial charge is 0.228 e. The topological polar surface area (TPSA) is 69.6 Å². The zero-order valence-electron chi connectivity index (χ0n) is 12.6. The number of likely N-dealkylation sites (N-methyl/N-ethyl adjacent to an activating group) is 1. The Labute approximate surface area is 125 Å². The van der Waals surface area contributed by atoms with Crippen LogP contribution in [-0.2, 0) is 16.0 Å². The van der Waals surface area contributed by atoms with E-state index in [2.05, 4.69) is 5.32 Å². The van der Waals surface area contributed by atoms with Crippen LogP contribution in [0, 0.1) is 5.41 Å². The fraction of sp³-hybridized carbons (Fsp3) is 0.500. The first-order chi connectivity index (χ1) is 9.93. The number of benzene rings is 1. The summed E-state index contributed by atoms with van der Waals surface area (Å²) in [6.45, 7) is 2.47. The number of rotatable bonds is 6. The van der Waals surface area contributed by atoms with E-state index >= 15 is 0 Å². The number of carbonyl (C=O) groups excluding carboxylic acids is 2. The summed E-state index contributed by atoms with van der Waals surface area (Å²) in [4.78, 5) is 25.1. The van der Waals surface area contributed by atoms with Crippen molar-refractivity contribution in [3.8, 4) is 5.75 Å². The average Bonchev–Trinajstić information content (AvgIpc) is 3.21. The number of hydrogen-bond donors (Lipinski definition) is 2. The molecule has 1 aromatic carbocycles. The number of nitrogens with one attached hydrogen (secondary N) is 1. The van der Waals surface area contributed by atoms with E-state index < -0.39 is 0 Å². The minimum atomic E-state index is -0.290. The quantitative estimate of drug-likeness (QED) is 0.830. The second kappa shape index (κ2) is 6.16. The molecule has 0 atom stereocenters. The molecule has 1 aliphatic carbocycles. The van der Waals surface area contributed by atoms with E-state index in [9.17, 15) is 14.7 Å². The van der Waals surface area contributed by atoms with Crippen molar-refractivity contribution in [2.24, 2.45) is 5.41 Å². The van der Waals surface area contributed by atoms with E-state index in [-0.39, 0.29) is 23.0 Å². The van der Waals surface area contributed by atoms with E-state index in [1.165, 1.54) is 6.92 Å². The normalized spacial score (nSPS) is 15.3. The van der Waals surface area contributed by atoms with Crippen molar-refractivity contribution < 1.29 is 14.7 Å². The van der Waals surface area contributed by atoms with Crippen LogP contribution in [0.4, 0.5) is 0 Å². The number of nitrogens with zero attached hydrogens (tertiary/aromatic N) is 1. The number of aromatic hydroxyl groups is 1. The minimum Gasteiger partial charge on any atom is -0.508 e. The summed E-state index contributed by atoms with van der Waals surface area (Å²) in [5.74, 6) is 0.296. The molecule has 0 bridgehead atoms. The van der Waals surface area contributed by atoms with Crippen LogP contribution < -0.4 is 5.32 Å². The van der Waals surface area contributed by atoms with Crippen molar-refractivity contribution in [3.05, 3.63) is 29.8 Å². The molecule has 2 N–H and O–H groups in total. The third kappa shape index (κ3) is 3.97. The molecule has 114 valence electrons. The second-order valence-electron chi connectivity index (χ2n) is 5.83. The van der Waals surface area contributed by atoms with Gasteiger partial charge in [0.1, 0.15) is 5.75 Å². The summed E-state index contributed by atoms with van der Waals surface area (Å²) >= 11 is 0. The highest BCUT2D eigenvalue weighted by atomic mass is 16.3. The fourth-order valence-electron chi connectivity index (χ4n) is 2.53. The van der Waals surface area contributed by atoms with Gasteiger partial charge in [0.15, 0.2) is 0 Å². The van der Waals surface area contributed by atoms with Gasteiger partial charge in [-0.15, -0.1) is 0 Å².